The van der Waals surface area contributed by atoms with Crippen molar-refractivity contribution in [3.05, 3.63) is 21.9 Å². The minimum atomic E-state index is 0.395. The molecular formula is C14H22N2O2S. The Bertz CT molecular complexity index is 401. The highest BCUT2D eigenvalue weighted by Gasteiger charge is 2.09. The second kappa shape index (κ2) is 9.96. The summed E-state index contributed by atoms with van der Waals surface area (Å²) < 4.78 is 10.3. The molecule has 0 aliphatic rings. The highest BCUT2D eigenvalue weighted by molar-refractivity contribution is 7.10. The highest BCUT2D eigenvalue weighted by atomic mass is 32.1. The third-order valence-electron chi connectivity index (χ3n) is 2.66. The SMILES string of the molecule is COCCN(CCOC)Cc1sccc1C#CCN. The summed E-state index contributed by atoms with van der Waals surface area (Å²) in [5.41, 5.74) is 6.49. The van der Waals surface area contributed by atoms with Crippen LogP contribution in [0, 0.1) is 11.8 Å². The van der Waals surface area contributed by atoms with Gasteiger partial charge in [0.05, 0.1) is 19.8 Å². The topological polar surface area (TPSA) is 47.7 Å². The highest BCUT2D eigenvalue weighted by Crippen LogP contribution is 2.18. The van der Waals surface area contributed by atoms with E-state index in [1.54, 1.807) is 25.6 Å². The Kier molecular flexibility index (Phi) is 8.47. The number of nitrogens with zero attached hydrogens (tertiary/aromatic N) is 1. The van der Waals surface area contributed by atoms with Crippen LogP contribution < -0.4 is 5.73 Å². The van der Waals surface area contributed by atoms with E-state index in [-0.39, 0.29) is 0 Å². The quantitative estimate of drug-likeness (QED) is 0.727. The Balaban J connectivity index is 2.63. The first kappa shape index (κ1) is 16.2. The summed E-state index contributed by atoms with van der Waals surface area (Å²) in [5, 5.41) is 2.07. The van der Waals surface area contributed by atoms with E-state index in [2.05, 4.69) is 22.1 Å². The predicted molar refractivity (Wildman–Crippen MR) is 79.3 cm³/mol. The number of rotatable bonds is 8. The molecule has 0 amide bonds. The number of thiophene rings is 1. The molecule has 0 spiro atoms. The number of hydrogen-bond donors (Lipinski definition) is 1. The van der Waals surface area contributed by atoms with Crippen molar-refractivity contribution in [3.8, 4) is 11.8 Å². The van der Waals surface area contributed by atoms with Gasteiger partial charge in [0.15, 0.2) is 0 Å². The summed E-state index contributed by atoms with van der Waals surface area (Å²) in [4.78, 5) is 3.58. The lowest BCUT2D eigenvalue weighted by Crippen LogP contribution is -2.30. The van der Waals surface area contributed by atoms with Gasteiger partial charge >= 0.3 is 0 Å². The summed E-state index contributed by atoms with van der Waals surface area (Å²) in [7, 11) is 3.44. The second-order valence-electron chi connectivity index (χ2n) is 4.03. The molecule has 1 aromatic heterocycles. The fourth-order valence-corrected chi connectivity index (χ4v) is 2.51. The maximum atomic E-state index is 5.41. The zero-order valence-corrected chi connectivity index (χ0v) is 12.5. The van der Waals surface area contributed by atoms with Crippen LogP contribution in [-0.2, 0) is 16.0 Å². The lowest BCUT2D eigenvalue weighted by atomic mass is 10.2. The van der Waals surface area contributed by atoms with Gasteiger partial charge in [-0.15, -0.1) is 11.3 Å². The van der Waals surface area contributed by atoms with Gasteiger partial charge in [0.25, 0.3) is 0 Å². The lowest BCUT2D eigenvalue weighted by molar-refractivity contribution is 0.111. The Hall–Kier alpha value is -0.900. The van der Waals surface area contributed by atoms with E-state index in [1.807, 2.05) is 6.07 Å². The van der Waals surface area contributed by atoms with Crippen LogP contribution in [0.4, 0.5) is 0 Å². The maximum Gasteiger partial charge on any atom is 0.0589 e. The van der Waals surface area contributed by atoms with Crippen LogP contribution in [-0.4, -0.2) is 52.0 Å². The van der Waals surface area contributed by atoms with Crippen LogP contribution in [0.3, 0.4) is 0 Å². The molecule has 1 rings (SSSR count). The van der Waals surface area contributed by atoms with E-state index >= 15 is 0 Å². The third kappa shape index (κ3) is 6.19. The van der Waals surface area contributed by atoms with Gasteiger partial charge in [0.2, 0.25) is 0 Å². The van der Waals surface area contributed by atoms with Crippen LogP contribution in [0.25, 0.3) is 0 Å². The van der Waals surface area contributed by atoms with Crippen molar-refractivity contribution < 1.29 is 9.47 Å². The van der Waals surface area contributed by atoms with Crippen molar-refractivity contribution in [2.45, 2.75) is 6.54 Å². The molecule has 0 atom stereocenters. The molecule has 19 heavy (non-hydrogen) atoms. The second-order valence-corrected chi connectivity index (χ2v) is 5.03. The Morgan fingerprint density at radius 1 is 1.26 bits per heavy atom. The van der Waals surface area contributed by atoms with Crippen LogP contribution in [0.15, 0.2) is 11.4 Å². The van der Waals surface area contributed by atoms with Crippen LogP contribution in [0.1, 0.15) is 10.4 Å². The summed E-state index contributed by atoms with van der Waals surface area (Å²) >= 11 is 1.73. The Labute approximate surface area is 119 Å². The van der Waals surface area contributed by atoms with Crippen molar-refractivity contribution in [2.24, 2.45) is 5.73 Å². The minimum Gasteiger partial charge on any atom is -0.383 e. The van der Waals surface area contributed by atoms with E-state index in [0.717, 1.165) is 38.4 Å². The zero-order valence-electron chi connectivity index (χ0n) is 11.6. The van der Waals surface area contributed by atoms with E-state index in [4.69, 9.17) is 15.2 Å². The number of nitrogens with two attached hydrogens (primary N) is 1. The first-order valence-corrected chi connectivity index (χ1v) is 7.15. The molecule has 1 aromatic rings. The monoisotopic (exact) mass is 282 g/mol. The first-order chi connectivity index (χ1) is 9.31. The summed E-state index contributed by atoms with van der Waals surface area (Å²) in [6, 6.07) is 2.05. The van der Waals surface area contributed by atoms with Gasteiger partial charge < -0.3 is 15.2 Å². The van der Waals surface area contributed by atoms with E-state index in [0.29, 0.717) is 6.54 Å². The van der Waals surface area contributed by atoms with Crippen LogP contribution in [0.5, 0.6) is 0 Å². The molecule has 0 saturated carbocycles. The standard InChI is InChI=1S/C14H22N2O2S/c1-17-9-7-16(8-10-18-2)12-14-13(4-3-6-15)5-11-19-14/h5,11H,6-10,12,15H2,1-2H3. The normalized spacial score (nSPS) is 10.5. The molecule has 2 N–H and O–H groups in total. The fourth-order valence-electron chi connectivity index (χ4n) is 1.63. The Morgan fingerprint density at radius 2 is 1.95 bits per heavy atom. The van der Waals surface area contributed by atoms with Crippen LogP contribution >= 0.6 is 11.3 Å². The third-order valence-corrected chi connectivity index (χ3v) is 3.57. The smallest absolute Gasteiger partial charge is 0.0589 e. The molecule has 1 heterocycles. The number of methoxy groups -OCH3 is 2. The summed E-state index contributed by atoms with van der Waals surface area (Å²) in [6.07, 6.45) is 0. The van der Waals surface area contributed by atoms with Crippen molar-refractivity contribution in [3.63, 3.8) is 0 Å². The largest absolute Gasteiger partial charge is 0.383 e. The molecule has 5 heteroatoms. The molecule has 4 nitrogen and oxygen atoms in total. The lowest BCUT2D eigenvalue weighted by Gasteiger charge is -2.21. The van der Waals surface area contributed by atoms with Crippen molar-refractivity contribution in [1.29, 1.82) is 0 Å². The van der Waals surface area contributed by atoms with E-state index < -0.39 is 0 Å². The molecule has 0 aliphatic carbocycles. The molecule has 0 saturated heterocycles. The van der Waals surface area contributed by atoms with Gasteiger partial charge in [0, 0.05) is 44.3 Å². The molecular weight excluding hydrogens is 260 g/mol. The number of hydrogen-bond acceptors (Lipinski definition) is 5. The average Bonchev–Trinajstić information content (AvgIpc) is 2.86. The zero-order chi connectivity index (χ0) is 13.9. The number of ether oxygens (including phenoxy) is 2. The molecule has 0 bridgehead atoms. The minimum absolute atomic E-state index is 0.395. The van der Waals surface area contributed by atoms with Gasteiger partial charge in [-0.1, -0.05) is 11.8 Å². The molecule has 106 valence electrons. The van der Waals surface area contributed by atoms with Gasteiger partial charge in [-0.05, 0) is 11.4 Å². The molecule has 0 unspecified atom stereocenters. The maximum absolute atomic E-state index is 5.41. The van der Waals surface area contributed by atoms with Crippen molar-refractivity contribution in [1.82, 2.24) is 4.90 Å². The Morgan fingerprint density at radius 3 is 2.53 bits per heavy atom. The van der Waals surface area contributed by atoms with E-state index in [1.165, 1.54) is 4.88 Å². The molecule has 0 fully saturated rings. The van der Waals surface area contributed by atoms with Crippen molar-refractivity contribution in [2.75, 3.05) is 47.1 Å². The summed E-state index contributed by atoms with van der Waals surface area (Å²) in [6.45, 7) is 4.49. The van der Waals surface area contributed by atoms with Gasteiger partial charge in [-0.25, -0.2) is 0 Å². The molecule has 0 aromatic carbocycles. The molecule has 0 aliphatic heterocycles. The predicted octanol–water partition coefficient (Wildman–Crippen LogP) is 1.15. The summed E-state index contributed by atoms with van der Waals surface area (Å²) in [5.74, 6) is 6.02. The van der Waals surface area contributed by atoms with E-state index in [9.17, 15) is 0 Å². The average molecular weight is 282 g/mol. The first-order valence-electron chi connectivity index (χ1n) is 6.27. The fraction of sp³-hybridized carbons (Fsp3) is 0.571. The van der Waals surface area contributed by atoms with Crippen LogP contribution in [0.2, 0.25) is 0 Å². The van der Waals surface area contributed by atoms with Gasteiger partial charge in [0.1, 0.15) is 0 Å². The van der Waals surface area contributed by atoms with Gasteiger partial charge in [-0.2, -0.15) is 0 Å². The van der Waals surface area contributed by atoms with Crippen molar-refractivity contribution >= 4 is 11.3 Å². The van der Waals surface area contributed by atoms with Gasteiger partial charge in [-0.3, -0.25) is 4.90 Å². The molecule has 0 radical (unpaired) electrons.